The Labute approximate surface area is 300 Å². The maximum absolute atomic E-state index is 2.43. The van der Waals surface area contributed by atoms with Crippen LogP contribution in [0.25, 0.3) is 0 Å². The Balaban J connectivity index is 0.000000218. The van der Waals surface area contributed by atoms with Crippen LogP contribution in [0, 0.1) is 61.1 Å². The van der Waals surface area contributed by atoms with Crippen LogP contribution in [0.5, 0.6) is 0 Å². The van der Waals surface area contributed by atoms with Crippen molar-refractivity contribution in [2.45, 2.75) is 240 Å². The Hall–Kier alpha value is 0. The first-order valence-electron chi connectivity index (χ1n) is 21.1. The lowest BCUT2D eigenvalue weighted by Gasteiger charge is -2.49. The molecule has 0 unspecified atom stereocenters. The lowest BCUT2D eigenvalue weighted by atomic mass is 9.56. The van der Waals surface area contributed by atoms with Crippen molar-refractivity contribution < 1.29 is 0 Å². The summed E-state index contributed by atoms with van der Waals surface area (Å²) in [5.74, 6) is 2.93. The third-order valence-corrected chi connectivity index (χ3v) is 13.1. The monoisotopic (exact) mass is 657 g/mol. The van der Waals surface area contributed by atoms with Crippen LogP contribution >= 0.6 is 0 Å². The largest absolute Gasteiger partial charge is 0.0651 e. The van der Waals surface area contributed by atoms with Gasteiger partial charge in [-0.05, 0) is 145 Å². The summed E-state index contributed by atoms with van der Waals surface area (Å²) in [6, 6.07) is 0. The zero-order chi connectivity index (χ0) is 36.2. The van der Waals surface area contributed by atoms with Crippen LogP contribution in [0.4, 0.5) is 0 Å². The second kappa shape index (κ2) is 16.1. The molecule has 1 spiro atoms. The summed E-state index contributed by atoms with van der Waals surface area (Å²) in [4.78, 5) is 0. The van der Waals surface area contributed by atoms with Gasteiger partial charge in [-0.25, -0.2) is 0 Å². The molecular weight excluding hydrogens is 565 g/mol. The molecule has 5 fully saturated rings. The molecule has 5 aliphatic carbocycles. The van der Waals surface area contributed by atoms with E-state index in [1.807, 2.05) is 0 Å². The van der Waals surface area contributed by atoms with E-state index in [0.717, 1.165) is 23.2 Å². The molecule has 280 valence electrons. The molecule has 0 aliphatic heterocycles. The topological polar surface area (TPSA) is 0 Å². The van der Waals surface area contributed by atoms with Gasteiger partial charge in [0, 0.05) is 0 Å². The van der Waals surface area contributed by atoms with Crippen molar-refractivity contribution in [3.63, 3.8) is 0 Å². The molecule has 0 aromatic rings. The Morgan fingerprint density at radius 2 is 0.702 bits per heavy atom. The van der Waals surface area contributed by atoms with Crippen LogP contribution in [0.15, 0.2) is 0 Å². The average Bonchev–Trinajstić information content (AvgIpc) is 2.81. The first-order valence-corrected chi connectivity index (χ1v) is 21.1. The second-order valence-corrected chi connectivity index (χ2v) is 24.5. The predicted molar refractivity (Wildman–Crippen MR) is 214 cm³/mol. The van der Waals surface area contributed by atoms with Gasteiger partial charge in [0.1, 0.15) is 0 Å². The molecule has 0 amide bonds. The van der Waals surface area contributed by atoms with Gasteiger partial charge in [0.05, 0.1) is 0 Å². The Morgan fingerprint density at radius 3 is 1.02 bits per heavy atom. The average molecular weight is 657 g/mol. The molecule has 0 nitrogen and oxygen atoms in total. The van der Waals surface area contributed by atoms with Gasteiger partial charge in [-0.1, -0.05) is 156 Å². The van der Waals surface area contributed by atoms with Gasteiger partial charge >= 0.3 is 0 Å². The van der Waals surface area contributed by atoms with Gasteiger partial charge in [0.15, 0.2) is 0 Å². The summed E-state index contributed by atoms with van der Waals surface area (Å²) in [7, 11) is 0. The highest BCUT2D eigenvalue weighted by atomic mass is 14.5. The van der Waals surface area contributed by atoms with Gasteiger partial charge in [-0.3, -0.25) is 0 Å². The summed E-state index contributed by atoms with van der Waals surface area (Å²) in [6.45, 7) is 41.0. The quantitative estimate of drug-likeness (QED) is 0.263. The van der Waals surface area contributed by atoms with Crippen molar-refractivity contribution in [3.8, 4) is 0 Å². The van der Waals surface area contributed by atoms with Crippen molar-refractivity contribution >= 4 is 0 Å². The first kappa shape index (κ1) is 43.2. The molecule has 0 N–H and O–H groups in total. The van der Waals surface area contributed by atoms with Crippen LogP contribution in [0.1, 0.15) is 240 Å². The molecule has 0 atom stereocenters. The maximum atomic E-state index is 2.43. The van der Waals surface area contributed by atoms with E-state index in [9.17, 15) is 0 Å². The molecule has 0 heteroatoms. The maximum Gasteiger partial charge on any atom is -0.0297 e. The highest BCUT2D eigenvalue weighted by molar-refractivity contribution is 4.93. The SMILES string of the molecule is CC1(C)CC(C)(C)CC(C)(C)C1.CC1CC(C)(C)CC(C)(C)C1.CC1CCC2(CCCCC2)CC1.CCC1CC(C)(C)CC(C)(C)C1. The fourth-order valence-electron chi connectivity index (χ4n) is 14.0. The van der Waals surface area contributed by atoms with Crippen molar-refractivity contribution in [3.05, 3.63) is 0 Å². The van der Waals surface area contributed by atoms with Crippen LogP contribution in [0.3, 0.4) is 0 Å². The van der Waals surface area contributed by atoms with E-state index >= 15 is 0 Å². The molecule has 0 aromatic heterocycles. The minimum atomic E-state index is 0.547. The molecule has 0 radical (unpaired) electrons. The normalized spacial score (nSPS) is 30.3. The smallest absolute Gasteiger partial charge is 0.0297 e. The van der Waals surface area contributed by atoms with Crippen LogP contribution in [-0.2, 0) is 0 Å². The number of hydrogen-bond acceptors (Lipinski definition) is 0. The van der Waals surface area contributed by atoms with E-state index in [0.29, 0.717) is 37.9 Å². The first-order chi connectivity index (χ1) is 21.1. The third-order valence-electron chi connectivity index (χ3n) is 13.1. The van der Waals surface area contributed by atoms with Crippen LogP contribution in [0.2, 0.25) is 0 Å². The molecule has 5 saturated carbocycles. The minimum absolute atomic E-state index is 0.547. The molecule has 47 heavy (non-hydrogen) atoms. The molecule has 0 saturated heterocycles. The van der Waals surface area contributed by atoms with Gasteiger partial charge in [0.25, 0.3) is 0 Å². The van der Waals surface area contributed by atoms with Gasteiger partial charge < -0.3 is 0 Å². The standard InChI is InChI=1S/C12H22.2C12H24.C11H22/c1-11-5-9-12(10-6-11)7-3-2-4-8-12;1-10(2)7-11(3,4)9-12(5,6)8-10;1-6-10-7-11(2,3)9-12(4,5)8-10;1-9-6-10(2,3)8-11(4,5)7-9/h11H,2-10H2,1H3;7-9H2,1-6H3;10H,6-9H2,1-5H3;9H,6-8H2,1-5H3. The summed E-state index contributed by atoms with van der Waals surface area (Å²) >= 11 is 0. The summed E-state index contributed by atoms with van der Waals surface area (Å²) in [6.07, 6.45) is 27.8. The molecule has 0 bridgehead atoms. The Bertz CT molecular complexity index is 826. The van der Waals surface area contributed by atoms with Crippen molar-refractivity contribution in [1.29, 1.82) is 0 Å². The van der Waals surface area contributed by atoms with E-state index in [4.69, 9.17) is 0 Å². The van der Waals surface area contributed by atoms with E-state index in [-0.39, 0.29) is 0 Å². The number of rotatable bonds is 1. The van der Waals surface area contributed by atoms with E-state index < -0.39 is 0 Å². The molecule has 0 aromatic carbocycles. The van der Waals surface area contributed by atoms with E-state index in [1.165, 1.54) is 96.3 Å². The van der Waals surface area contributed by atoms with Crippen molar-refractivity contribution in [2.24, 2.45) is 61.1 Å². The van der Waals surface area contributed by atoms with Crippen LogP contribution in [-0.4, -0.2) is 0 Å². The highest BCUT2D eigenvalue weighted by Gasteiger charge is 2.42. The second-order valence-electron chi connectivity index (χ2n) is 24.5. The molecule has 5 rings (SSSR count). The van der Waals surface area contributed by atoms with Crippen molar-refractivity contribution in [1.82, 2.24) is 0 Å². The van der Waals surface area contributed by atoms with E-state index in [2.05, 4.69) is 118 Å². The van der Waals surface area contributed by atoms with Crippen LogP contribution < -0.4 is 0 Å². The van der Waals surface area contributed by atoms with Gasteiger partial charge in [-0.2, -0.15) is 0 Å². The fraction of sp³-hybridized carbons (Fsp3) is 1.00. The lowest BCUT2D eigenvalue weighted by Crippen LogP contribution is -2.38. The summed E-state index contributed by atoms with van der Waals surface area (Å²) in [5.41, 5.74) is 4.82. The number of hydrogen-bond donors (Lipinski definition) is 0. The van der Waals surface area contributed by atoms with E-state index in [1.54, 1.807) is 25.7 Å². The Morgan fingerprint density at radius 1 is 0.383 bits per heavy atom. The third kappa shape index (κ3) is 16.3. The predicted octanol–water partition coefficient (Wildman–Crippen LogP) is 16.5. The lowest BCUT2D eigenvalue weighted by molar-refractivity contribution is 0.0203. The summed E-state index contributed by atoms with van der Waals surface area (Å²) < 4.78 is 0. The summed E-state index contributed by atoms with van der Waals surface area (Å²) in [5, 5.41) is 0. The fourth-order valence-corrected chi connectivity index (χ4v) is 14.0. The van der Waals surface area contributed by atoms with Gasteiger partial charge in [-0.15, -0.1) is 0 Å². The Kier molecular flexibility index (Phi) is 14.8. The van der Waals surface area contributed by atoms with Crippen molar-refractivity contribution in [2.75, 3.05) is 0 Å². The zero-order valence-corrected chi connectivity index (χ0v) is 36.2. The molecule has 0 heterocycles. The molecular formula is C47H92. The van der Waals surface area contributed by atoms with Gasteiger partial charge in [0.2, 0.25) is 0 Å². The molecule has 5 aliphatic rings. The highest BCUT2D eigenvalue weighted by Crippen LogP contribution is 2.54. The zero-order valence-electron chi connectivity index (χ0n) is 36.2. The minimum Gasteiger partial charge on any atom is -0.0651 e.